The number of hydrogen-bond donors (Lipinski definition) is 2. The first-order valence-electron chi connectivity index (χ1n) is 12.0. The fraction of sp³-hybridized carbons (Fsp3) is 0.200. The Morgan fingerprint density at radius 3 is 2.18 bits per heavy atom. The average molecular weight is 520 g/mol. The SMILES string of the molecule is Cc1noc(-c2ccc(-c3ccc(C4(C(=O)O)CC4)cc3)cc2)c1C(O)/C=C/c1cccc(C(F)(F)F)c1. The molecule has 0 radical (unpaired) electrons. The number of nitrogens with zero attached hydrogens (tertiary/aromatic N) is 1. The van der Waals surface area contributed by atoms with Crippen LogP contribution in [0.1, 0.15) is 46.9 Å². The molecular formula is C30H24F3NO4. The van der Waals surface area contributed by atoms with Gasteiger partial charge >= 0.3 is 12.1 Å². The Bertz CT molecular complexity index is 1500. The summed E-state index contributed by atoms with van der Waals surface area (Å²) >= 11 is 0. The summed E-state index contributed by atoms with van der Waals surface area (Å²) < 4.78 is 44.5. The van der Waals surface area contributed by atoms with Crippen molar-refractivity contribution in [2.45, 2.75) is 37.5 Å². The molecule has 5 rings (SSSR count). The lowest BCUT2D eigenvalue weighted by Gasteiger charge is -2.11. The zero-order chi connectivity index (χ0) is 27.1. The van der Waals surface area contributed by atoms with Gasteiger partial charge < -0.3 is 14.7 Å². The molecule has 1 aliphatic carbocycles. The van der Waals surface area contributed by atoms with Gasteiger partial charge in [0.1, 0.15) is 6.10 Å². The van der Waals surface area contributed by atoms with E-state index in [4.69, 9.17) is 4.52 Å². The maximum atomic E-state index is 13.0. The Labute approximate surface area is 216 Å². The van der Waals surface area contributed by atoms with Gasteiger partial charge in [0.25, 0.3) is 0 Å². The zero-order valence-electron chi connectivity index (χ0n) is 20.4. The van der Waals surface area contributed by atoms with Crippen molar-refractivity contribution in [1.29, 1.82) is 0 Å². The lowest BCUT2D eigenvalue weighted by Crippen LogP contribution is -2.19. The lowest BCUT2D eigenvalue weighted by molar-refractivity contribution is -0.140. The standard InChI is InChI=1S/C30H24F3NO4/c1-18-26(25(35)14-5-19-3-2-4-24(17-19)30(31,32)33)27(38-34-18)22-8-6-20(7-9-22)21-10-12-23(13-11-21)29(15-16-29)28(36)37/h2-14,17,25,35H,15-16H2,1H3,(H,36,37)/b14-5+. The minimum Gasteiger partial charge on any atom is -0.481 e. The molecule has 1 aromatic heterocycles. The predicted octanol–water partition coefficient (Wildman–Crippen LogP) is 7.20. The average Bonchev–Trinajstić information content (AvgIpc) is 3.64. The molecule has 1 aliphatic rings. The number of halogens is 3. The van der Waals surface area contributed by atoms with Gasteiger partial charge in [0.05, 0.1) is 22.2 Å². The second kappa shape index (κ2) is 9.61. The van der Waals surface area contributed by atoms with E-state index in [0.29, 0.717) is 41.0 Å². The van der Waals surface area contributed by atoms with Crippen molar-refractivity contribution >= 4 is 12.0 Å². The largest absolute Gasteiger partial charge is 0.481 e. The quantitative estimate of drug-likeness (QED) is 0.270. The fourth-order valence-corrected chi connectivity index (χ4v) is 4.60. The van der Waals surface area contributed by atoms with Crippen LogP contribution in [0.3, 0.4) is 0 Å². The van der Waals surface area contributed by atoms with Crippen LogP contribution in [0.4, 0.5) is 13.2 Å². The first kappa shape index (κ1) is 25.5. The topological polar surface area (TPSA) is 83.6 Å². The molecule has 0 spiro atoms. The van der Waals surface area contributed by atoms with Crippen LogP contribution >= 0.6 is 0 Å². The van der Waals surface area contributed by atoms with Crippen molar-refractivity contribution in [3.63, 3.8) is 0 Å². The highest BCUT2D eigenvalue weighted by Crippen LogP contribution is 2.48. The molecule has 0 saturated heterocycles. The third-order valence-electron chi connectivity index (χ3n) is 6.97. The number of alkyl halides is 3. The smallest absolute Gasteiger partial charge is 0.416 e. The van der Waals surface area contributed by atoms with Crippen molar-refractivity contribution in [2.75, 3.05) is 0 Å². The Morgan fingerprint density at radius 1 is 1.00 bits per heavy atom. The van der Waals surface area contributed by atoms with E-state index in [1.54, 1.807) is 6.92 Å². The Kier molecular flexibility index (Phi) is 6.44. The van der Waals surface area contributed by atoms with Gasteiger partial charge in [-0.15, -0.1) is 0 Å². The van der Waals surface area contributed by atoms with E-state index in [-0.39, 0.29) is 0 Å². The first-order chi connectivity index (χ1) is 18.1. The van der Waals surface area contributed by atoms with Crippen molar-refractivity contribution in [3.05, 3.63) is 107 Å². The van der Waals surface area contributed by atoms with Crippen molar-refractivity contribution in [3.8, 4) is 22.5 Å². The van der Waals surface area contributed by atoms with Crippen LogP contribution in [-0.2, 0) is 16.4 Å². The summed E-state index contributed by atoms with van der Waals surface area (Å²) in [6.07, 6.45) is -1.47. The van der Waals surface area contributed by atoms with Crippen molar-refractivity contribution in [2.24, 2.45) is 0 Å². The second-order valence-electron chi connectivity index (χ2n) is 9.48. The number of carboxylic acids is 1. The minimum absolute atomic E-state index is 0.306. The number of benzene rings is 3. The molecule has 1 saturated carbocycles. The van der Waals surface area contributed by atoms with E-state index in [1.807, 2.05) is 48.5 Å². The van der Waals surface area contributed by atoms with E-state index in [2.05, 4.69) is 5.16 Å². The first-order valence-corrected chi connectivity index (χ1v) is 12.0. The van der Waals surface area contributed by atoms with Gasteiger partial charge in [-0.2, -0.15) is 13.2 Å². The Balaban J connectivity index is 1.36. The molecular weight excluding hydrogens is 495 g/mol. The van der Waals surface area contributed by atoms with Gasteiger partial charge in [-0.1, -0.05) is 78.0 Å². The van der Waals surface area contributed by atoms with Crippen molar-refractivity contribution in [1.82, 2.24) is 5.16 Å². The number of carbonyl (C=O) groups is 1. The Hall–Kier alpha value is -4.17. The molecule has 8 heteroatoms. The highest BCUT2D eigenvalue weighted by Gasteiger charge is 2.51. The number of rotatable bonds is 7. The second-order valence-corrected chi connectivity index (χ2v) is 9.48. The number of carboxylic acid groups (broad SMARTS) is 1. The molecule has 3 aromatic carbocycles. The van der Waals surface area contributed by atoms with Crippen LogP contribution in [0.2, 0.25) is 0 Å². The minimum atomic E-state index is -4.45. The van der Waals surface area contributed by atoms with Gasteiger partial charge in [0.15, 0.2) is 5.76 Å². The summed E-state index contributed by atoms with van der Waals surface area (Å²) in [6, 6.07) is 19.8. The number of aliphatic hydroxyl groups is 1. The summed E-state index contributed by atoms with van der Waals surface area (Å²) in [4.78, 5) is 11.6. The molecule has 1 heterocycles. The van der Waals surface area contributed by atoms with E-state index < -0.39 is 29.2 Å². The third-order valence-corrected chi connectivity index (χ3v) is 6.97. The number of aromatic nitrogens is 1. The van der Waals surface area contributed by atoms with E-state index >= 15 is 0 Å². The summed E-state index contributed by atoms with van der Waals surface area (Å²) in [5, 5.41) is 24.3. The summed E-state index contributed by atoms with van der Waals surface area (Å²) in [5.41, 5.74) is 3.01. The highest BCUT2D eigenvalue weighted by molar-refractivity contribution is 5.85. The van der Waals surface area contributed by atoms with Gasteiger partial charge in [-0.05, 0) is 54.2 Å². The third kappa shape index (κ3) is 4.87. The van der Waals surface area contributed by atoms with E-state index in [0.717, 1.165) is 28.8 Å². The molecule has 5 nitrogen and oxygen atoms in total. The molecule has 1 unspecified atom stereocenters. The molecule has 38 heavy (non-hydrogen) atoms. The van der Waals surface area contributed by atoms with Crippen LogP contribution in [0.5, 0.6) is 0 Å². The molecule has 4 aromatic rings. The van der Waals surface area contributed by atoms with Crippen molar-refractivity contribution < 1.29 is 32.7 Å². The van der Waals surface area contributed by atoms with Crippen LogP contribution < -0.4 is 0 Å². The number of aliphatic hydroxyl groups excluding tert-OH is 1. The molecule has 194 valence electrons. The highest BCUT2D eigenvalue weighted by atomic mass is 19.4. The maximum absolute atomic E-state index is 13.0. The summed E-state index contributed by atoms with van der Waals surface area (Å²) in [5.74, 6) is -0.428. The fourth-order valence-electron chi connectivity index (χ4n) is 4.60. The molecule has 1 fully saturated rings. The summed E-state index contributed by atoms with van der Waals surface area (Å²) in [7, 11) is 0. The molecule has 0 bridgehead atoms. The molecule has 1 atom stereocenters. The van der Waals surface area contributed by atoms with Crippen LogP contribution in [0.15, 0.2) is 83.4 Å². The zero-order valence-corrected chi connectivity index (χ0v) is 20.4. The number of hydrogen-bond acceptors (Lipinski definition) is 4. The molecule has 0 aliphatic heterocycles. The number of aryl methyl sites for hydroxylation is 1. The molecule has 0 amide bonds. The van der Waals surface area contributed by atoms with Gasteiger partial charge in [-0.3, -0.25) is 4.79 Å². The van der Waals surface area contributed by atoms with E-state index in [1.165, 1.54) is 24.3 Å². The van der Waals surface area contributed by atoms with Crippen LogP contribution in [0, 0.1) is 6.92 Å². The molecule has 2 N–H and O–H groups in total. The lowest BCUT2D eigenvalue weighted by atomic mass is 9.93. The van der Waals surface area contributed by atoms with Gasteiger partial charge in [-0.25, -0.2) is 0 Å². The van der Waals surface area contributed by atoms with Crippen LogP contribution in [-0.4, -0.2) is 21.3 Å². The number of aliphatic carboxylic acids is 1. The van der Waals surface area contributed by atoms with Gasteiger partial charge in [0.2, 0.25) is 0 Å². The Morgan fingerprint density at radius 2 is 1.61 bits per heavy atom. The normalized spacial score (nSPS) is 15.5. The maximum Gasteiger partial charge on any atom is 0.416 e. The van der Waals surface area contributed by atoms with Crippen LogP contribution in [0.25, 0.3) is 28.5 Å². The predicted molar refractivity (Wildman–Crippen MR) is 136 cm³/mol. The van der Waals surface area contributed by atoms with E-state index in [9.17, 15) is 28.2 Å². The summed E-state index contributed by atoms with van der Waals surface area (Å²) in [6.45, 7) is 1.68. The van der Waals surface area contributed by atoms with Gasteiger partial charge in [0, 0.05) is 5.56 Å². The monoisotopic (exact) mass is 519 g/mol.